The van der Waals surface area contributed by atoms with Crippen LogP contribution in [-0.4, -0.2) is 15.0 Å². The molecule has 2 aromatic heterocycles. The van der Waals surface area contributed by atoms with Crippen molar-refractivity contribution in [3.63, 3.8) is 0 Å². The van der Waals surface area contributed by atoms with Crippen molar-refractivity contribution in [2.45, 2.75) is 19.3 Å². The van der Waals surface area contributed by atoms with E-state index in [0.717, 1.165) is 49.8 Å². The molecule has 4 heteroatoms. The second kappa shape index (κ2) is 10.1. The zero-order valence-corrected chi connectivity index (χ0v) is 25.5. The van der Waals surface area contributed by atoms with Crippen LogP contribution in [0.5, 0.6) is 0 Å². The highest BCUT2D eigenvalue weighted by Crippen LogP contribution is 2.50. The van der Waals surface area contributed by atoms with Gasteiger partial charge in [0, 0.05) is 32.9 Å². The summed E-state index contributed by atoms with van der Waals surface area (Å²) in [4.78, 5) is 15.0. The number of aromatic nitrogens is 3. The van der Waals surface area contributed by atoms with Crippen molar-refractivity contribution in [3.05, 3.63) is 151 Å². The Labute approximate surface area is 267 Å². The molecular weight excluding hydrogens is 562 g/mol. The standard InChI is InChI=1S/C42H29N3O/c1-42(2)35-19-10-9-18-31(35)32-25-38-34(24-36(32)42)33-23-30(20-21-37(33)46-38)41-44-39(27-14-7-4-8-15-27)43-40(45-41)29-17-11-16-28(22-29)26-12-5-3-6-13-26/h3-25H,1-2H3. The summed E-state index contributed by atoms with van der Waals surface area (Å²) in [5.74, 6) is 1.90. The lowest BCUT2D eigenvalue weighted by molar-refractivity contribution is 0.658. The van der Waals surface area contributed by atoms with E-state index in [9.17, 15) is 0 Å². The van der Waals surface area contributed by atoms with E-state index in [1.165, 1.54) is 22.3 Å². The fraction of sp³-hybridized carbons (Fsp3) is 0.0714. The molecule has 0 saturated heterocycles. The van der Waals surface area contributed by atoms with Gasteiger partial charge in [0.15, 0.2) is 17.5 Å². The predicted octanol–water partition coefficient (Wildman–Crippen LogP) is 10.7. The molecule has 9 rings (SSSR count). The van der Waals surface area contributed by atoms with Crippen LogP contribution in [0.4, 0.5) is 0 Å². The van der Waals surface area contributed by atoms with Gasteiger partial charge < -0.3 is 4.42 Å². The number of fused-ring (bicyclic) bond motifs is 6. The molecule has 0 fully saturated rings. The van der Waals surface area contributed by atoms with Crippen molar-refractivity contribution in [1.82, 2.24) is 15.0 Å². The first-order chi connectivity index (χ1) is 22.5. The van der Waals surface area contributed by atoms with Gasteiger partial charge in [-0.3, -0.25) is 0 Å². The summed E-state index contributed by atoms with van der Waals surface area (Å²) in [6.07, 6.45) is 0. The van der Waals surface area contributed by atoms with Crippen LogP contribution in [0.3, 0.4) is 0 Å². The maximum atomic E-state index is 6.44. The Morgan fingerprint density at radius 2 is 1.00 bits per heavy atom. The SMILES string of the molecule is CC1(C)c2ccccc2-c2cc3oc4ccc(-c5nc(-c6ccccc6)nc(-c6cccc(-c7ccccc7)c6)n5)cc4c3cc21. The molecule has 8 aromatic rings. The molecule has 6 aromatic carbocycles. The minimum Gasteiger partial charge on any atom is -0.456 e. The van der Waals surface area contributed by atoms with Crippen LogP contribution >= 0.6 is 0 Å². The first kappa shape index (κ1) is 26.5. The average molecular weight is 592 g/mol. The van der Waals surface area contributed by atoms with Crippen molar-refractivity contribution < 1.29 is 4.42 Å². The van der Waals surface area contributed by atoms with Crippen molar-refractivity contribution in [2.24, 2.45) is 0 Å². The zero-order chi connectivity index (χ0) is 30.8. The van der Waals surface area contributed by atoms with Gasteiger partial charge in [0.2, 0.25) is 0 Å². The number of furan rings is 1. The van der Waals surface area contributed by atoms with Gasteiger partial charge in [-0.2, -0.15) is 0 Å². The average Bonchev–Trinajstić information content (AvgIpc) is 3.59. The molecule has 0 unspecified atom stereocenters. The lowest BCUT2D eigenvalue weighted by atomic mass is 9.82. The van der Waals surface area contributed by atoms with E-state index in [4.69, 9.17) is 19.4 Å². The lowest BCUT2D eigenvalue weighted by Crippen LogP contribution is -2.14. The molecule has 4 nitrogen and oxygen atoms in total. The minimum absolute atomic E-state index is 0.0939. The van der Waals surface area contributed by atoms with Gasteiger partial charge in [-0.25, -0.2) is 15.0 Å². The smallest absolute Gasteiger partial charge is 0.164 e. The summed E-state index contributed by atoms with van der Waals surface area (Å²) >= 11 is 0. The van der Waals surface area contributed by atoms with Crippen LogP contribution in [0.1, 0.15) is 25.0 Å². The quantitative estimate of drug-likeness (QED) is 0.204. The Kier molecular flexibility index (Phi) is 5.81. The van der Waals surface area contributed by atoms with Crippen molar-refractivity contribution >= 4 is 21.9 Å². The third kappa shape index (κ3) is 4.18. The fourth-order valence-electron chi connectivity index (χ4n) is 6.93. The number of nitrogens with zero attached hydrogens (tertiary/aromatic N) is 3. The molecule has 0 bridgehead atoms. The van der Waals surface area contributed by atoms with E-state index in [-0.39, 0.29) is 5.41 Å². The molecule has 0 spiro atoms. The maximum Gasteiger partial charge on any atom is 0.164 e. The van der Waals surface area contributed by atoms with Crippen LogP contribution in [-0.2, 0) is 5.41 Å². The normalized spacial score (nSPS) is 13.2. The van der Waals surface area contributed by atoms with E-state index >= 15 is 0 Å². The van der Waals surface area contributed by atoms with Crippen LogP contribution in [0.25, 0.3) is 78.4 Å². The highest BCUT2D eigenvalue weighted by molar-refractivity contribution is 6.08. The molecule has 1 aliphatic carbocycles. The van der Waals surface area contributed by atoms with Gasteiger partial charge in [-0.1, -0.05) is 117 Å². The molecule has 0 amide bonds. The molecule has 0 radical (unpaired) electrons. The Balaban J connectivity index is 1.21. The van der Waals surface area contributed by atoms with Gasteiger partial charge in [0.1, 0.15) is 11.2 Å². The van der Waals surface area contributed by atoms with E-state index in [0.29, 0.717) is 17.5 Å². The number of rotatable bonds is 4. The largest absolute Gasteiger partial charge is 0.456 e. The third-order valence-electron chi connectivity index (χ3n) is 9.33. The van der Waals surface area contributed by atoms with E-state index < -0.39 is 0 Å². The Hall–Kier alpha value is -5.87. The monoisotopic (exact) mass is 591 g/mol. The van der Waals surface area contributed by atoms with E-state index in [1.54, 1.807) is 0 Å². The first-order valence-electron chi connectivity index (χ1n) is 15.6. The second-order valence-electron chi connectivity index (χ2n) is 12.5. The van der Waals surface area contributed by atoms with Crippen LogP contribution in [0, 0.1) is 0 Å². The van der Waals surface area contributed by atoms with Gasteiger partial charge in [-0.15, -0.1) is 0 Å². The van der Waals surface area contributed by atoms with Crippen molar-refractivity contribution in [1.29, 1.82) is 0 Å². The molecule has 0 atom stereocenters. The molecule has 0 N–H and O–H groups in total. The van der Waals surface area contributed by atoms with Crippen LogP contribution in [0.15, 0.2) is 144 Å². The zero-order valence-electron chi connectivity index (χ0n) is 25.5. The molecular formula is C42H29N3O. The van der Waals surface area contributed by atoms with Gasteiger partial charge in [0.25, 0.3) is 0 Å². The molecule has 46 heavy (non-hydrogen) atoms. The number of hydrogen-bond donors (Lipinski definition) is 0. The Morgan fingerprint density at radius 3 is 1.76 bits per heavy atom. The molecule has 0 saturated carbocycles. The van der Waals surface area contributed by atoms with Crippen LogP contribution in [0.2, 0.25) is 0 Å². The molecule has 218 valence electrons. The van der Waals surface area contributed by atoms with E-state index in [2.05, 4.69) is 105 Å². The summed E-state index contributed by atoms with van der Waals surface area (Å²) in [5, 5.41) is 2.15. The highest BCUT2D eigenvalue weighted by Gasteiger charge is 2.36. The predicted molar refractivity (Wildman–Crippen MR) is 186 cm³/mol. The Morgan fingerprint density at radius 1 is 0.413 bits per heavy atom. The van der Waals surface area contributed by atoms with Crippen molar-refractivity contribution in [3.8, 4) is 56.4 Å². The summed E-state index contributed by atoms with van der Waals surface area (Å²) < 4.78 is 6.44. The third-order valence-corrected chi connectivity index (χ3v) is 9.33. The van der Waals surface area contributed by atoms with Gasteiger partial charge in [0.05, 0.1) is 0 Å². The molecule has 0 aliphatic heterocycles. The van der Waals surface area contributed by atoms with Crippen LogP contribution < -0.4 is 0 Å². The fourth-order valence-corrected chi connectivity index (χ4v) is 6.93. The van der Waals surface area contributed by atoms with Gasteiger partial charge in [-0.05, 0) is 69.8 Å². The topological polar surface area (TPSA) is 51.8 Å². The first-order valence-corrected chi connectivity index (χ1v) is 15.6. The summed E-state index contributed by atoms with van der Waals surface area (Å²) in [6.45, 7) is 4.61. The summed E-state index contributed by atoms with van der Waals surface area (Å²) in [6, 6.07) is 48.4. The molecule has 2 heterocycles. The second-order valence-corrected chi connectivity index (χ2v) is 12.5. The van der Waals surface area contributed by atoms with Crippen molar-refractivity contribution in [2.75, 3.05) is 0 Å². The summed E-state index contributed by atoms with van der Waals surface area (Å²) in [5.41, 5.74) is 11.9. The summed E-state index contributed by atoms with van der Waals surface area (Å²) in [7, 11) is 0. The van der Waals surface area contributed by atoms with E-state index in [1.807, 2.05) is 48.5 Å². The van der Waals surface area contributed by atoms with Gasteiger partial charge >= 0.3 is 0 Å². The Bertz CT molecular complexity index is 2440. The number of benzene rings is 6. The number of hydrogen-bond acceptors (Lipinski definition) is 4. The molecule has 1 aliphatic rings. The minimum atomic E-state index is -0.0939. The maximum absolute atomic E-state index is 6.44. The lowest BCUT2D eigenvalue weighted by Gasteiger charge is -2.21. The highest BCUT2D eigenvalue weighted by atomic mass is 16.3.